The number of hydrogen-bond donors (Lipinski definition) is 1. The number of hydroxylamine groups is 1. The number of methoxy groups -OCH3 is 1. The van der Waals surface area contributed by atoms with E-state index in [0.29, 0.717) is 16.3 Å². The maximum absolute atomic E-state index is 11.4. The number of ether oxygens (including phenoxy) is 1. The summed E-state index contributed by atoms with van der Waals surface area (Å²) < 4.78 is 5.78. The van der Waals surface area contributed by atoms with E-state index in [9.17, 15) is 4.79 Å². The molecule has 0 saturated heterocycles. The molecule has 1 amide bonds. The number of amides is 1. The summed E-state index contributed by atoms with van der Waals surface area (Å²) in [5.41, 5.74) is 2.65. The second kappa shape index (κ2) is 5.53. The Morgan fingerprint density at radius 3 is 2.67 bits per heavy atom. The molecule has 15 heavy (non-hydrogen) atoms. The molecule has 82 valence electrons. The number of hydrogen-bond acceptors (Lipinski definition) is 3. The van der Waals surface area contributed by atoms with E-state index in [2.05, 4.69) is 10.3 Å². The first-order chi connectivity index (χ1) is 7.10. The van der Waals surface area contributed by atoms with E-state index in [4.69, 9.17) is 16.3 Å². The molecule has 0 spiro atoms. The van der Waals surface area contributed by atoms with Crippen molar-refractivity contribution in [3.05, 3.63) is 26.3 Å². The first-order valence-corrected chi connectivity index (χ1v) is 5.42. The summed E-state index contributed by atoms with van der Waals surface area (Å²) in [4.78, 5) is 16.0. The van der Waals surface area contributed by atoms with Gasteiger partial charge in [0.15, 0.2) is 0 Å². The van der Waals surface area contributed by atoms with Crippen LogP contribution in [0.5, 0.6) is 5.75 Å². The molecule has 4 nitrogen and oxygen atoms in total. The Morgan fingerprint density at radius 1 is 1.47 bits per heavy atom. The van der Waals surface area contributed by atoms with Crippen LogP contribution in [0.3, 0.4) is 0 Å². The second-order valence-corrected chi connectivity index (χ2v) is 4.15. The Kier molecular flexibility index (Phi) is 4.62. The number of carbonyl (C=O) groups excluding carboxylic acids is 1. The molecule has 0 bridgehead atoms. The number of carbonyl (C=O) groups is 1. The van der Waals surface area contributed by atoms with Gasteiger partial charge in [0.25, 0.3) is 5.91 Å². The van der Waals surface area contributed by atoms with Crippen LogP contribution < -0.4 is 10.2 Å². The van der Waals surface area contributed by atoms with Gasteiger partial charge < -0.3 is 4.74 Å². The molecule has 0 atom stereocenters. The number of benzene rings is 1. The summed E-state index contributed by atoms with van der Waals surface area (Å²) in [5.74, 6) is 0.121. The lowest BCUT2D eigenvalue weighted by molar-refractivity contribution is 0.0537. The van der Waals surface area contributed by atoms with Gasteiger partial charge in [-0.2, -0.15) is 0 Å². The van der Waals surface area contributed by atoms with Gasteiger partial charge in [0.1, 0.15) is 5.75 Å². The van der Waals surface area contributed by atoms with Crippen molar-refractivity contribution in [3.63, 3.8) is 0 Å². The quantitative estimate of drug-likeness (QED) is 0.677. The Labute approximate surface area is 106 Å². The molecule has 1 rings (SSSR count). The molecular weight excluding hydrogens is 332 g/mol. The summed E-state index contributed by atoms with van der Waals surface area (Å²) in [6.45, 7) is 0. The van der Waals surface area contributed by atoms with E-state index in [-0.39, 0.29) is 5.91 Å². The Balaban J connectivity index is 3.10. The highest BCUT2D eigenvalue weighted by Crippen LogP contribution is 2.30. The molecule has 0 aliphatic carbocycles. The molecule has 6 heteroatoms. The summed E-state index contributed by atoms with van der Waals surface area (Å²) in [7, 11) is 2.87. The van der Waals surface area contributed by atoms with Crippen LogP contribution in [0.25, 0.3) is 0 Å². The van der Waals surface area contributed by atoms with Gasteiger partial charge in [-0.25, -0.2) is 5.48 Å². The molecule has 0 unspecified atom stereocenters. The third-order valence-corrected chi connectivity index (χ3v) is 3.23. The molecule has 1 aromatic carbocycles. The highest BCUT2D eigenvalue weighted by Gasteiger charge is 2.12. The molecule has 0 aromatic heterocycles. The van der Waals surface area contributed by atoms with E-state index in [1.54, 1.807) is 12.1 Å². The van der Waals surface area contributed by atoms with Gasteiger partial charge in [-0.3, -0.25) is 9.63 Å². The summed E-state index contributed by atoms with van der Waals surface area (Å²) in [6.07, 6.45) is 0. The van der Waals surface area contributed by atoms with E-state index in [1.165, 1.54) is 14.2 Å². The minimum Gasteiger partial charge on any atom is -0.495 e. The van der Waals surface area contributed by atoms with E-state index >= 15 is 0 Å². The minimum atomic E-state index is -0.342. The zero-order valence-electron chi connectivity index (χ0n) is 8.14. The molecule has 0 radical (unpaired) electrons. The molecule has 0 aliphatic heterocycles. The standard InChI is InChI=1S/C9H9ClINO3/c1-14-7-4-5(9(13)12-15-2)3-6(11)8(7)10/h3-4H,1-2H3,(H,12,13). The molecule has 0 aliphatic rings. The maximum atomic E-state index is 11.4. The molecule has 0 heterocycles. The van der Waals surface area contributed by atoms with Crippen molar-refractivity contribution in [2.45, 2.75) is 0 Å². The lowest BCUT2D eigenvalue weighted by Crippen LogP contribution is -2.21. The first kappa shape index (κ1) is 12.5. The topological polar surface area (TPSA) is 47.6 Å². The third kappa shape index (κ3) is 2.96. The number of rotatable bonds is 3. The predicted molar refractivity (Wildman–Crippen MR) is 65.2 cm³/mol. The average Bonchev–Trinajstić information content (AvgIpc) is 2.22. The van der Waals surface area contributed by atoms with E-state index in [0.717, 1.165) is 3.57 Å². The Bertz CT molecular complexity index is 384. The third-order valence-electron chi connectivity index (χ3n) is 1.67. The monoisotopic (exact) mass is 341 g/mol. The van der Waals surface area contributed by atoms with Crippen LogP contribution >= 0.6 is 34.2 Å². The van der Waals surface area contributed by atoms with Crippen LogP contribution in [-0.4, -0.2) is 20.1 Å². The van der Waals surface area contributed by atoms with E-state index in [1.807, 2.05) is 22.6 Å². The molecular formula is C9H9ClINO3. The number of halogens is 2. The van der Waals surface area contributed by atoms with Gasteiger partial charge in [0, 0.05) is 9.13 Å². The Morgan fingerprint density at radius 2 is 2.13 bits per heavy atom. The fourth-order valence-electron chi connectivity index (χ4n) is 0.995. The van der Waals surface area contributed by atoms with Crippen molar-refractivity contribution >= 4 is 40.1 Å². The van der Waals surface area contributed by atoms with Crippen LogP contribution in [0.4, 0.5) is 0 Å². The molecule has 0 saturated carbocycles. The largest absolute Gasteiger partial charge is 0.495 e. The van der Waals surface area contributed by atoms with Gasteiger partial charge >= 0.3 is 0 Å². The molecule has 0 fully saturated rings. The van der Waals surface area contributed by atoms with Crippen LogP contribution in [0.2, 0.25) is 5.02 Å². The zero-order valence-corrected chi connectivity index (χ0v) is 11.0. The highest BCUT2D eigenvalue weighted by atomic mass is 127. The number of nitrogens with one attached hydrogen (secondary N) is 1. The van der Waals surface area contributed by atoms with Crippen molar-refractivity contribution in [3.8, 4) is 5.75 Å². The second-order valence-electron chi connectivity index (χ2n) is 2.61. The maximum Gasteiger partial charge on any atom is 0.275 e. The average molecular weight is 342 g/mol. The van der Waals surface area contributed by atoms with Crippen molar-refractivity contribution < 1.29 is 14.4 Å². The zero-order chi connectivity index (χ0) is 11.4. The van der Waals surface area contributed by atoms with Gasteiger partial charge in [-0.15, -0.1) is 0 Å². The van der Waals surface area contributed by atoms with Crippen molar-refractivity contribution in [1.82, 2.24) is 5.48 Å². The van der Waals surface area contributed by atoms with Gasteiger partial charge in [0.05, 0.1) is 19.2 Å². The van der Waals surface area contributed by atoms with Crippen molar-refractivity contribution in [1.29, 1.82) is 0 Å². The van der Waals surface area contributed by atoms with Crippen molar-refractivity contribution in [2.24, 2.45) is 0 Å². The lowest BCUT2D eigenvalue weighted by atomic mass is 10.2. The summed E-state index contributed by atoms with van der Waals surface area (Å²) in [6, 6.07) is 3.21. The summed E-state index contributed by atoms with van der Waals surface area (Å²) in [5, 5.41) is 0.493. The fourth-order valence-corrected chi connectivity index (χ4v) is 1.78. The molecule has 1 N–H and O–H groups in total. The van der Waals surface area contributed by atoms with Crippen LogP contribution in [0.1, 0.15) is 10.4 Å². The van der Waals surface area contributed by atoms with Gasteiger partial charge in [-0.1, -0.05) is 11.6 Å². The Hall–Kier alpha value is -0.530. The van der Waals surface area contributed by atoms with Crippen molar-refractivity contribution in [2.75, 3.05) is 14.2 Å². The van der Waals surface area contributed by atoms with Crippen LogP contribution in [0, 0.1) is 3.57 Å². The SMILES string of the molecule is CONC(=O)c1cc(I)c(Cl)c(OC)c1. The van der Waals surface area contributed by atoms with Crippen LogP contribution in [0.15, 0.2) is 12.1 Å². The fraction of sp³-hybridized carbons (Fsp3) is 0.222. The van der Waals surface area contributed by atoms with Gasteiger partial charge in [-0.05, 0) is 34.7 Å². The predicted octanol–water partition coefficient (Wildman–Crippen LogP) is 2.24. The lowest BCUT2D eigenvalue weighted by Gasteiger charge is -2.08. The summed E-state index contributed by atoms with van der Waals surface area (Å²) >= 11 is 7.98. The highest BCUT2D eigenvalue weighted by molar-refractivity contribution is 14.1. The van der Waals surface area contributed by atoms with Gasteiger partial charge in [0.2, 0.25) is 0 Å². The van der Waals surface area contributed by atoms with E-state index < -0.39 is 0 Å². The first-order valence-electron chi connectivity index (χ1n) is 3.96. The normalized spacial score (nSPS) is 9.87. The van der Waals surface area contributed by atoms with Crippen LogP contribution in [-0.2, 0) is 4.84 Å². The minimum absolute atomic E-state index is 0.342. The smallest absolute Gasteiger partial charge is 0.275 e. The molecule has 1 aromatic rings.